The molecule has 2 amide bonds. The molecule has 0 unspecified atom stereocenters. The number of fused-ring (bicyclic) bond motifs is 1. The number of aromatic nitrogens is 2. The second-order valence-corrected chi connectivity index (χ2v) is 10.7. The number of hydrogen-bond donors (Lipinski definition) is 2. The summed E-state index contributed by atoms with van der Waals surface area (Å²) in [6, 6.07) is 7.47. The van der Waals surface area contributed by atoms with E-state index < -0.39 is 0 Å². The highest BCUT2D eigenvalue weighted by atomic mass is 127. The Hall–Kier alpha value is -2.68. The third kappa shape index (κ3) is 5.92. The van der Waals surface area contributed by atoms with E-state index in [0.717, 1.165) is 40.7 Å². The number of piperidine rings is 1. The molecule has 9 nitrogen and oxygen atoms in total. The smallest absolute Gasteiger partial charge is 0.243 e. The Kier molecular flexibility index (Phi) is 8.72. The molecule has 1 saturated heterocycles. The number of nitrogens with zero attached hydrogens (tertiary/aromatic N) is 3. The Morgan fingerprint density at radius 2 is 1.84 bits per heavy atom. The molecule has 1 aromatic heterocycles. The zero-order valence-corrected chi connectivity index (χ0v) is 25.0. The molecular formula is C26H27I2N5O4. The molecule has 0 aliphatic carbocycles. The molecule has 2 aromatic carbocycles. The van der Waals surface area contributed by atoms with Gasteiger partial charge in [0.25, 0.3) is 0 Å². The Morgan fingerprint density at radius 1 is 1.14 bits per heavy atom. The largest absolute Gasteiger partial charge is 0.495 e. The number of methoxy groups -OCH3 is 2. The Balaban J connectivity index is 1.64. The van der Waals surface area contributed by atoms with Crippen molar-refractivity contribution in [3.8, 4) is 22.6 Å². The fourth-order valence-corrected chi connectivity index (χ4v) is 6.79. The first kappa shape index (κ1) is 27.4. The van der Waals surface area contributed by atoms with Gasteiger partial charge < -0.3 is 25.0 Å². The average Bonchev–Trinajstić information content (AvgIpc) is 2.89. The number of likely N-dealkylation sites (tertiary alicyclic amines) is 1. The molecule has 3 aromatic rings. The summed E-state index contributed by atoms with van der Waals surface area (Å²) in [4.78, 5) is 34.9. The summed E-state index contributed by atoms with van der Waals surface area (Å²) in [5.74, 6) is 1.66. The van der Waals surface area contributed by atoms with Crippen molar-refractivity contribution >= 4 is 73.8 Å². The number of hydrogen-bond acceptors (Lipinski definition) is 7. The van der Waals surface area contributed by atoms with E-state index in [-0.39, 0.29) is 23.9 Å². The zero-order valence-electron chi connectivity index (χ0n) is 20.7. The van der Waals surface area contributed by atoms with Crippen LogP contribution in [0.2, 0.25) is 0 Å². The van der Waals surface area contributed by atoms with Gasteiger partial charge in [-0.1, -0.05) is 12.6 Å². The number of carbonyl (C=O) groups is 2. The lowest BCUT2D eigenvalue weighted by Crippen LogP contribution is -2.57. The monoisotopic (exact) mass is 727 g/mol. The van der Waals surface area contributed by atoms with E-state index in [1.54, 1.807) is 32.2 Å². The molecule has 37 heavy (non-hydrogen) atoms. The van der Waals surface area contributed by atoms with Crippen LogP contribution >= 0.6 is 45.2 Å². The second-order valence-electron chi connectivity index (χ2n) is 8.58. The first-order valence-electron chi connectivity index (χ1n) is 11.6. The molecule has 1 aliphatic heterocycles. The van der Waals surface area contributed by atoms with Crippen molar-refractivity contribution < 1.29 is 19.1 Å². The highest BCUT2D eigenvalue weighted by Crippen LogP contribution is 2.42. The van der Waals surface area contributed by atoms with E-state index in [1.165, 1.54) is 6.08 Å². The molecule has 2 heterocycles. The van der Waals surface area contributed by atoms with E-state index in [4.69, 9.17) is 14.5 Å². The molecule has 1 aliphatic rings. The van der Waals surface area contributed by atoms with Gasteiger partial charge in [0.2, 0.25) is 17.8 Å². The SMILES string of the molecule is C=CC(=O)N[C@H]1CCN(C(C)=O)C[C@H]1Nc1ncc2cc(-c3c(I)c(OC)cc(OC)c3I)ccc2n1. The zero-order chi connectivity index (χ0) is 26.7. The fourth-order valence-electron chi connectivity index (χ4n) is 4.36. The summed E-state index contributed by atoms with van der Waals surface area (Å²) in [5.41, 5.74) is 2.79. The van der Waals surface area contributed by atoms with E-state index in [2.05, 4.69) is 67.4 Å². The van der Waals surface area contributed by atoms with E-state index in [1.807, 2.05) is 24.3 Å². The van der Waals surface area contributed by atoms with Crippen LogP contribution in [0, 0.1) is 7.14 Å². The molecule has 2 N–H and O–H groups in total. The van der Waals surface area contributed by atoms with Gasteiger partial charge in [-0.2, -0.15) is 0 Å². The van der Waals surface area contributed by atoms with E-state index in [9.17, 15) is 9.59 Å². The summed E-state index contributed by atoms with van der Waals surface area (Å²) in [5, 5.41) is 7.16. The highest BCUT2D eigenvalue weighted by Gasteiger charge is 2.31. The molecule has 2 atom stereocenters. The summed E-state index contributed by atoms with van der Waals surface area (Å²) in [6.07, 6.45) is 3.64. The van der Waals surface area contributed by atoms with Crippen molar-refractivity contribution in [3.05, 3.63) is 50.3 Å². The Morgan fingerprint density at radius 3 is 2.46 bits per heavy atom. The molecule has 0 bridgehead atoms. The minimum absolute atomic E-state index is 0.00862. The van der Waals surface area contributed by atoms with E-state index >= 15 is 0 Å². The van der Waals surface area contributed by atoms with Gasteiger partial charge in [0, 0.05) is 43.2 Å². The van der Waals surface area contributed by atoms with Crippen molar-refractivity contribution in [3.63, 3.8) is 0 Å². The number of carbonyl (C=O) groups excluding carboxylic acids is 2. The van der Waals surface area contributed by atoms with Crippen LogP contribution in [0.3, 0.4) is 0 Å². The van der Waals surface area contributed by atoms with Crippen molar-refractivity contribution in [2.75, 3.05) is 32.6 Å². The van der Waals surface area contributed by atoms with Gasteiger partial charge in [-0.05, 0) is 75.4 Å². The maximum absolute atomic E-state index is 12.0. The van der Waals surface area contributed by atoms with Crippen LogP contribution in [-0.2, 0) is 9.59 Å². The number of halogens is 2. The van der Waals surface area contributed by atoms with Gasteiger partial charge in [0.15, 0.2) is 0 Å². The van der Waals surface area contributed by atoms with Crippen LogP contribution in [0.5, 0.6) is 11.5 Å². The van der Waals surface area contributed by atoms with Crippen molar-refractivity contribution in [2.24, 2.45) is 0 Å². The standard InChI is InChI=1S/C26H27I2N5O4/c1-5-22(35)30-18-8-9-33(14(2)34)13-19(18)32-26-29-12-16-10-15(6-7-17(16)31-26)23-24(27)20(36-3)11-21(37-4)25(23)28/h5-7,10-12,18-19H,1,8-9,13H2,2-4H3,(H,30,35)(H,29,31,32)/t18-,19+/m0/s1. The summed E-state index contributed by atoms with van der Waals surface area (Å²) < 4.78 is 13.1. The van der Waals surface area contributed by atoms with Crippen LogP contribution in [0.4, 0.5) is 5.95 Å². The average molecular weight is 727 g/mol. The predicted molar refractivity (Wildman–Crippen MR) is 160 cm³/mol. The quantitative estimate of drug-likeness (QED) is 0.278. The highest BCUT2D eigenvalue weighted by molar-refractivity contribution is 14.1. The predicted octanol–water partition coefficient (Wildman–Crippen LogP) is 4.23. The van der Waals surface area contributed by atoms with Crippen molar-refractivity contribution in [1.29, 1.82) is 0 Å². The minimum atomic E-state index is -0.251. The van der Waals surface area contributed by atoms with Crippen LogP contribution in [0.15, 0.2) is 43.1 Å². The summed E-state index contributed by atoms with van der Waals surface area (Å²) in [6.45, 7) is 6.09. The maximum Gasteiger partial charge on any atom is 0.243 e. The maximum atomic E-state index is 12.0. The number of rotatable bonds is 7. The Bertz CT molecular complexity index is 1340. The van der Waals surface area contributed by atoms with Crippen LogP contribution in [0.25, 0.3) is 22.0 Å². The van der Waals surface area contributed by atoms with Gasteiger partial charge in [-0.15, -0.1) is 0 Å². The normalized spacial score (nSPS) is 17.3. The molecule has 1 fully saturated rings. The van der Waals surface area contributed by atoms with E-state index in [0.29, 0.717) is 25.5 Å². The van der Waals surface area contributed by atoms with Crippen molar-refractivity contribution in [1.82, 2.24) is 20.2 Å². The summed E-state index contributed by atoms with van der Waals surface area (Å²) in [7, 11) is 3.29. The molecule has 0 radical (unpaired) electrons. The molecular weight excluding hydrogens is 700 g/mol. The first-order valence-corrected chi connectivity index (χ1v) is 13.7. The molecule has 0 saturated carbocycles. The van der Waals surface area contributed by atoms with Gasteiger partial charge in [0.05, 0.1) is 39.0 Å². The minimum Gasteiger partial charge on any atom is -0.495 e. The lowest BCUT2D eigenvalue weighted by molar-refractivity contribution is -0.130. The van der Waals surface area contributed by atoms with Crippen LogP contribution in [0.1, 0.15) is 13.3 Å². The fraction of sp³-hybridized carbons (Fsp3) is 0.308. The van der Waals surface area contributed by atoms with Gasteiger partial charge >= 0.3 is 0 Å². The number of amides is 2. The molecule has 194 valence electrons. The Labute approximate surface area is 242 Å². The van der Waals surface area contributed by atoms with Gasteiger partial charge in [0.1, 0.15) is 11.5 Å². The summed E-state index contributed by atoms with van der Waals surface area (Å²) >= 11 is 4.58. The number of ether oxygens (including phenoxy) is 2. The van der Waals surface area contributed by atoms with Crippen molar-refractivity contribution in [2.45, 2.75) is 25.4 Å². The molecule has 0 spiro atoms. The molecule has 11 heteroatoms. The lowest BCUT2D eigenvalue weighted by atomic mass is 9.99. The first-order chi connectivity index (χ1) is 17.7. The number of anilines is 1. The van der Waals surface area contributed by atoms with Crippen LogP contribution < -0.4 is 20.1 Å². The third-order valence-electron chi connectivity index (χ3n) is 6.33. The van der Waals surface area contributed by atoms with Crippen LogP contribution in [-0.4, -0.2) is 66.1 Å². The number of nitrogens with one attached hydrogen (secondary N) is 2. The second kappa shape index (κ2) is 11.8. The lowest BCUT2D eigenvalue weighted by Gasteiger charge is -2.38. The van der Waals surface area contributed by atoms with Gasteiger partial charge in [-0.3, -0.25) is 9.59 Å². The molecule has 4 rings (SSSR count). The number of benzene rings is 2. The van der Waals surface area contributed by atoms with Gasteiger partial charge in [-0.25, -0.2) is 9.97 Å². The topological polar surface area (TPSA) is 106 Å². The third-order valence-corrected chi connectivity index (χ3v) is 8.47.